The Balaban J connectivity index is 1.89. The smallest absolute Gasteiger partial charge is 0.233 e. The second-order valence-corrected chi connectivity index (χ2v) is 9.06. The van der Waals surface area contributed by atoms with Crippen molar-refractivity contribution in [2.24, 2.45) is 0 Å². The van der Waals surface area contributed by atoms with Gasteiger partial charge in [-0.15, -0.1) is 10.2 Å². The number of carbonyl (C=O) groups is 1. The van der Waals surface area contributed by atoms with Crippen molar-refractivity contribution in [3.8, 4) is 11.4 Å². The van der Waals surface area contributed by atoms with Crippen LogP contribution in [0.25, 0.3) is 11.4 Å². The van der Waals surface area contributed by atoms with Crippen molar-refractivity contribution >= 4 is 17.7 Å². The zero-order valence-corrected chi connectivity index (χ0v) is 18.4. The topological polar surface area (TPSA) is 73.0 Å². The number of hydrogen-bond donors (Lipinski definition) is 1. The summed E-state index contributed by atoms with van der Waals surface area (Å²) in [5.74, 6) is 1.53. The van der Waals surface area contributed by atoms with Crippen LogP contribution in [0.5, 0.6) is 0 Å². The Morgan fingerprint density at radius 1 is 1.24 bits per heavy atom. The van der Waals surface area contributed by atoms with Gasteiger partial charge in [-0.3, -0.25) is 9.36 Å². The van der Waals surface area contributed by atoms with E-state index in [9.17, 15) is 4.79 Å². The molecule has 154 valence electrons. The van der Waals surface area contributed by atoms with E-state index in [1.807, 2.05) is 56.5 Å². The van der Waals surface area contributed by atoms with Crippen LogP contribution in [0, 0.1) is 6.92 Å². The van der Waals surface area contributed by atoms with Crippen LogP contribution in [0.3, 0.4) is 0 Å². The summed E-state index contributed by atoms with van der Waals surface area (Å²) >= 11 is 1.42. The van der Waals surface area contributed by atoms with Crippen molar-refractivity contribution in [2.45, 2.75) is 63.5 Å². The lowest BCUT2D eigenvalue weighted by Gasteiger charge is -2.26. The van der Waals surface area contributed by atoms with Gasteiger partial charge in [-0.25, -0.2) is 0 Å². The van der Waals surface area contributed by atoms with E-state index in [-0.39, 0.29) is 16.7 Å². The number of aryl methyl sites for hydroxylation is 1. The highest BCUT2D eigenvalue weighted by Crippen LogP contribution is 2.30. The second-order valence-electron chi connectivity index (χ2n) is 7.76. The predicted molar refractivity (Wildman–Crippen MR) is 116 cm³/mol. The Bertz CT molecular complexity index is 962. The molecule has 0 saturated carbocycles. The molecule has 1 aromatic carbocycles. The lowest BCUT2D eigenvalue weighted by molar-refractivity contribution is -0.121. The number of aromatic nitrogens is 3. The van der Waals surface area contributed by atoms with Crippen molar-refractivity contribution in [3.63, 3.8) is 0 Å². The van der Waals surface area contributed by atoms with E-state index in [1.165, 1.54) is 11.8 Å². The molecular weight excluding hydrogens is 384 g/mol. The molecule has 7 heteroatoms. The molecule has 0 aliphatic rings. The number of nitrogens with zero attached hydrogens (tertiary/aromatic N) is 3. The maximum absolute atomic E-state index is 12.7. The van der Waals surface area contributed by atoms with E-state index < -0.39 is 0 Å². The molecule has 0 radical (unpaired) electrons. The Kier molecular flexibility index (Phi) is 6.47. The van der Waals surface area contributed by atoms with E-state index in [0.29, 0.717) is 11.7 Å². The first-order valence-corrected chi connectivity index (χ1v) is 10.7. The summed E-state index contributed by atoms with van der Waals surface area (Å²) in [6.45, 7) is 10.5. The van der Waals surface area contributed by atoms with E-state index in [0.717, 1.165) is 29.1 Å². The number of furan rings is 1. The number of carbonyl (C=O) groups excluding carboxylic acids is 1. The molecule has 0 saturated heterocycles. The summed E-state index contributed by atoms with van der Waals surface area (Å²) in [7, 11) is 0. The molecule has 2 heterocycles. The van der Waals surface area contributed by atoms with Gasteiger partial charge in [-0.1, -0.05) is 49.0 Å². The van der Waals surface area contributed by atoms with Crippen molar-refractivity contribution < 1.29 is 9.21 Å². The molecule has 1 amide bonds. The molecule has 6 nitrogen and oxygen atoms in total. The molecule has 3 rings (SSSR count). The van der Waals surface area contributed by atoms with Crippen LogP contribution >= 0.6 is 11.8 Å². The minimum Gasteiger partial charge on any atom is -0.469 e. The molecule has 3 aromatic rings. The van der Waals surface area contributed by atoms with Gasteiger partial charge in [0.2, 0.25) is 5.91 Å². The lowest BCUT2D eigenvalue weighted by Crippen LogP contribution is -2.46. The molecule has 29 heavy (non-hydrogen) atoms. The summed E-state index contributed by atoms with van der Waals surface area (Å²) in [5.41, 5.74) is 1.81. The van der Waals surface area contributed by atoms with Gasteiger partial charge in [0.05, 0.1) is 23.6 Å². The Hall–Kier alpha value is -2.54. The van der Waals surface area contributed by atoms with Gasteiger partial charge in [0.1, 0.15) is 5.76 Å². The van der Waals surface area contributed by atoms with E-state index in [2.05, 4.69) is 34.6 Å². The zero-order chi connectivity index (χ0) is 21.0. The highest BCUT2D eigenvalue weighted by Gasteiger charge is 2.25. The number of hydrogen-bond acceptors (Lipinski definition) is 5. The number of rotatable bonds is 8. The molecule has 0 aliphatic carbocycles. The van der Waals surface area contributed by atoms with Crippen LogP contribution < -0.4 is 5.32 Å². The van der Waals surface area contributed by atoms with Crippen molar-refractivity contribution in [2.75, 3.05) is 0 Å². The molecule has 1 atom stereocenters. The predicted octanol–water partition coefficient (Wildman–Crippen LogP) is 4.68. The van der Waals surface area contributed by atoms with Crippen LogP contribution in [-0.2, 0) is 11.3 Å². The number of thioether (sulfide) groups is 1. The first-order chi connectivity index (χ1) is 13.8. The third-order valence-corrected chi connectivity index (χ3v) is 6.08. The molecule has 2 aromatic heterocycles. The maximum atomic E-state index is 12.7. The molecule has 0 bridgehead atoms. The quantitative estimate of drug-likeness (QED) is 0.544. The number of amides is 1. The van der Waals surface area contributed by atoms with Gasteiger partial charge < -0.3 is 9.73 Å². The fourth-order valence-electron chi connectivity index (χ4n) is 2.84. The normalized spacial score (nSPS) is 12.7. The monoisotopic (exact) mass is 412 g/mol. The molecule has 0 aliphatic heterocycles. The molecular formula is C22H28N4O2S. The van der Waals surface area contributed by atoms with Crippen molar-refractivity contribution in [1.82, 2.24) is 20.1 Å². The fraction of sp³-hybridized carbons (Fsp3) is 0.409. The average Bonchev–Trinajstić information content (AvgIpc) is 3.28. The van der Waals surface area contributed by atoms with Gasteiger partial charge in [0.15, 0.2) is 11.0 Å². The molecule has 0 spiro atoms. The lowest BCUT2D eigenvalue weighted by atomic mass is 10.0. The number of nitrogens with one attached hydrogen (secondary N) is 1. The average molecular weight is 413 g/mol. The molecule has 1 unspecified atom stereocenters. The van der Waals surface area contributed by atoms with E-state index in [4.69, 9.17) is 4.42 Å². The van der Waals surface area contributed by atoms with Crippen LogP contribution in [0.15, 0.2) is 52.2 Å². The van der Waals surface area contributed by atoms with Gasteiger partial charge in [-0.2, -0.15) is 0 Å². The summed E-state index contributed by atoms with van der Waals surface area (Å²) < 4.78 is 7.52. The summed E-state index contributed by atoms with van der Waals surface area (Å²) in [6, 6.07) is 12.1. The third kappa shape index (κ3) is 5.09. The highest BCUT2D eigenvalue weighted by atomic mass is 32.2. The zero-order valence-electron chi connectivity index (χ0n) is 17.6. The van der Waals surface area contributed by atoms with E-state index in [1.54, 1.807) is 6.26 Å². The van der Waals surface area contributed by atoms with Gasteiger partial charge in [0, 0.05) is 5.54 Å². The maximum Gasteiger partial charge on any atom is 0.233 e. The largest absolute Gasteiger partial charge is 0.469 e. The summed E-state index contributed by atoms with van der Waals surface area (Å²) in [6.07, 6.45) is 2.52. The van der Waals surface area contributed by atoms with Crippen LogP contribution in [-0.4, -0.2) is 31.5 Å². The van der Waals surface area contributed by atoms with Gasteiger partial charge in [0.25, 0.3) is 0 Å². The second kappa shape index (κ2) is 8.86. The minimum absolute atomic E-state index is 0.00264. The number of benzene rings is 1. The first-order valence-electron chi connectivity index (χ1n) is 9.81. The first kappa shape index (κ1) is 21.2. The van der Waals surface area contributed by atoms with Crippen LogP contribution in [0.2, 0.25) is 0 Å². The minimum atomic E-state index is -0.294. The SMILES string of the molecule is CCC(C)(C)NC(=O)C(C)Sc1nnc(-c2ccoc2C)n1Cc1ccccc1. The van der Waals surface area contributed by atoms with Gasteiger partial charge in [-0.05, 0) is 45.7 Å². The van der Waals surface area contributed by atoms with Crippen molar-refractivity contribution in [1.29, 1.82) is 0 Å². The Morgan fingerprint density at radius 3 is 2.59 bits per heavy atom. The highest BCUT2D eigenvalue weighted by molar-refractivity contribution is 8.00. The summed E-state index contributed by atoms with van der Waals surface area (Å²) in [5, 5.41) is 12.3. The van der Waals surface area contributed by atoms with E-state index >= 15 is 0 Å². The summed E-state index contributed by atoms with van der Waals surface area (Å²) in [4.78, 5) is 12.7. The fourth-order valence-corrected chi connectivity index (χ4v) is 3.68. The van der Waals surface area contributed by atoms with Crippen LogP contribution in [0.1, 0.15) is 45.4 Å². The molecule has 0 fully saturated rings. The Morgan fingerprint density at radius 2 is 1.97 bits per heavy atom. The van der Waals surface area contributed by atoms with Crippen molar-refractivity contribution in [3.05, 3.63) is 54.0 Å². The van der Waals surface area contributed by atoms with Gasteiger partial charge >= 0.3 is 0 Å². The third-order valence-electron chi connectivity index (χ3n) is 5.00. The Labute approximate surface area is 176 Å². The molecule has 1 N–H and O–H groups in total. The van der Waals surface area contributed by atoms with Crippen LogP contribution in [0.4, 0.5) is 0 Å². The standard InChI is InChI=1S/C22H28N4O2S/c1-6-22(4,5)23-20(27)16(3)29-21-25-24-19(18-12-13-28-15(18)2)26(21)14-17-10-8-7-9-11-17/h7-13,16H,6,14H2,1-5H3,(H,23,27).